The predicted octanol–water partition coefficient (Wildman–Crippen LogP) is 1.05. The Hall–Kier alpha value is -1.46. The maximum atomic E-state index is 13.0. The lowest BCUT2D eigenvalue weighted by Crippen LogP contribution is -2.46. The van der Waals surface area contributed by atoms with Gasteiger partial charge < -0.3 is 10.2 Å². The summed E-state index contributed by atoms with van der Waals surface area (Å²) in [5.74, 6) is -0.148. The molecule has 0 bridgehead atoms. The van der Waals surface area contributed by atoms with Gasteiger partial charge in [0.25, 0.3) is 0 Å². The molecule has 0 aromatic heterocycles. The van der Waals surface area contributed by atoms with Crippen molar-refractivity contribution in [2.75, 3.05) is 45.8 Å². The van der Waals surface area contributed by atoms with Crippen molar-refractivity contribution >= 4 is 5.91 Å². The molecule has 114 valence electrons. The Kier molecular flexibility index (Phi) is 4.51. The summed E-state index contributed by atoms with van der Waals surface area (Å²) >= 11 is 0. The van der Waals surface area contributed by atoms with E-state index in [1.54, 1.807) is 12.1 Å². The zero-order valence-electron chi connectivity index (χ0n) is 12.2. The standard InChI is InChI=1S/C16H22FN3O/c17-14-3-1-13(2-4-14)15-5-8-20(16(15)21)12-11-19-9-6-18-7-10-19/h1-4,15,18H,5-12H2. The number of nitrogens with one attached hydrogen (secondary N) is 1. The average molecular weight is 291 g/mol. The van der Waals surface area contributed by atoms with Crippen LogP contribution in [0, 0.1) is 5.82 Å². The summed E-state index contributed by atoms with van der Waals surface area (Å²) in [6.45, 7) is 6.75. The van der Waals surface area contributed by atoms with Gasteiger partial charge in [-0.1, -0.05) is 12.1 Å². The number of rotatable bonds is 4. The van der Waals surface area contributed by atoms with Crippen LogP contribution in [0.15, 0.2) is 24.3 Å². The maximum Gasteiger partial charge on any atom is 0.230 e. The number of benzene rings is 1. The van der Waals surface area contributed by atoms with Crippen LogP contribution in [0.1, 0.15) is 17.9 Å². The Morgan fingerprint density at radius 3 is 2.52 bits per heavy atom. The first-order valence-corrected chi connectivity index (χ1v) is 7.71. The fourth-order valence-corrected chi connectivity index (χ4v) is 3.16. The molecule has 2 fully saturated rings. The lowest BCUT2D eigenvalue weighted by molar-refractivity contribution is -0.129. The molecule has 2 saturated heterocycles. The van der Waals surface area contributed by atoms with Gasteiger partial charge in [-0.05, 0) is 24.1 Å². The molecule has 0 spiro atoms. The molecule has 1 aromatic carbocycles. The molecule has 0 radical (unpaired) electrons. The Balaban J connectivity index is 1.54. The molecule has 2 heterocycles. The van der Waals surface area contributed by atoms with E-state index < -0.39 is 0 Å². The van der Waals surface area contributed by atoms with E-state index in [0.29, 0.717) is 0 Å². The van der Waals surface area contributed by atoms with Gasteiger partial charge in [-0.2, -0.15) is 0 Å². The molecule has 4 nitrogen and oxygen atoms in total. The van der Waals surface area contributed by atoms with E-state index in [2.05, 4.69) is 10.2 Å². The lowest BCUT2D eigenvalue weighted by atomic mass is 9.98. The van der Waals surface area contributed by atoms with Crippen molar-refractivity contribution < 1.29 is 9.18 Å². The number of nitrogens with zero attached hydrogens (tertiary/aromatic N) is 2. The van der Waals surface area contributed by atoms with E-state index in [1.165, 1.54) is 12.1 Å². The second-order valence-electron chi connectivity index (χ2n) is 5.81. The number of piperazine rings is 1. The smallest absolute Gasteiger partial charge is 0.230 e. The van der Waals surface area contributed by atoms with Crippen LogP contribution in [-0.2, 0) is 4.79 Å². The van der Waals surface area contributed by atoms with Crippen molar-refractivity contribution in [2.24, 2.45) is 0 Å². The molecule has 21 heavy (non-hydrogen) atoms. The fraction of sp³-hybridized carbons (Fsp3) is 0.562. The largest absolute Gasteiger partial charge is 0.341 e. The second kappa shape index (κ2) is 6.54. The van der Waals surface area contributed by atoms with Gasteiger partial charge in [-0.3, -0.25) is 9.69 Å². The summed E-state index contributed by atoms with van der Waals surface area (Å²) in [7, 11) is 0. The summed E-state index contributed by atoms with van der Waals surface area (Å²) in [6, 6.07) is 6.34. The quantitative estimate of drug-likeness (QED) is 0.900. The molecule has 1 aromatic rings. The minimum absolute atomic E-state index is 0.0892. The maximum absolute atomic E-state index is 13.0. The van der Waals surface area contributed by atoms with Crippen molar-refractivity contribution in [3.8, 4) is 0 Å². The topological polar surface area (TPSA) is 35.6 Å². The Morgan fingerprint density at radius 2 is 1.81 bits per heavy atom. The Morgan fingerprint density at radius 1 is 1.10 bits per heavy atom. The van der Waals surface area contributed by atoms with E-state index >= 15 is 0 Å². The van der Waals surface area contributed by atoms with E-state index in [1.807, 2.05) is 4.90 Å². The first kappa shape index (κ1) is 14.5. The van der Waals surface area contributed by atoms with Crippen LogP contribution in [0.25, 0.3) is 0 Å². The van der Waals surface area contributed by atoms with E-state index in [-0.39, 0.29) is 17.6 Å². The normalized spacial score (nSPS) is 23.8. The monoisotopic (exact) mass is 291 g/mol. The van der Waals surface area contributed by atoms with E-state index in [4.69, 9.17) is 0 Å². The minimum atomic E-state index is -0.250. The van der Waals surface area contributed by atoms with E-state index in [0.717, 1.165) is 57.8 Å². The molecule has 0 aliphatic carbocycles. The van der Waals surface area contributed by atoms with Crippen molar-refractivity contribution in [2.45, 2.75) is 12.3 Å². The fourth-order valence-electron chi connectivity index (χ4n) is 3.16. The van der Waals surface area contributed by atoms with Gasteiger partial charge in [0.15, 0.2) is 0 Å². The predicted molar refractivity (Wildman–Crippen MR) is 79.6 cm³/mol. The highest BCUT2D eigenvalue weighted by atomic mass is 19.1. The van der Waals surface area contributed by atoms with Crippen LogP contribution in [0.3, 0.4) is 0 Å². The lowest BCUT2D eigenvalue weighted by Gasteiger charge is -2.29. The van der Waals surface area contributed by atoms with Crippen molar-refractivity contribution in [3.05, 3.63) is 35.6 Å². The van der Waals surface area contributed by atoms with Crippen LogP contribution < -0.4 is 5.32 Å². The number of likely N-dealkylation sites (tertiary alicyclic amines) is 1. The number of amides is 1. The third kappa shape index (κ3) is 3.41. The SMILES string of the molecule is O=C1C(c2ccc(F)cc2)CCN1CCN1CCNCC1. The van der Waals surface area contributed by atoms with Crippen molar-refractivity contribution in [1.29, 1.82) is 0 Å². The second-order valence-corrected chi connectivity index (χ2v) is 5.81. The van der Waals surface area contributed by atoms with Gasteiger partial charge in [0.2, 0.25) is 5.91 Å². The molecular formula is C16H22FN3O. The summed E-state index contributed by atoms with van der Waals surface area (Å²) in [6.07, 6.45) is 0.839. The van der Waals surface area contributed by atoms with Crippen LogP contribution in [0.2, 0.25) is 0 Å². The van der Waals surface area contributed by atoms with Gasteiger partial charge in [-0.25, -0.2) is 4.39 Å². The number of halogens is 1. The van der Waals surface area contributed by atoms with Gasteiger partial charge >= 0.3 is 0 Å². The van der Waals surface area contributed by atoms with Crippen molar-refractivity contribution in [3.63, 3.8) is 0 Å². The van der Waals surface area contributed by atoms with Crippen LogP contribution >= 0.6 is 0 Å². The number of hydrogen-bond acceptors (Lipinski definition) is 3. The molecular weight excluding hydrogens is 269 g/mol. The summed E-state index contributed by atoms with van der Waals surface area (Å²) in [4.78, 5) is 16.8. The molecule has 1 N–H and O–H groups in total. The number of carbonyl (C=O) groups is 1. The molecule has 0 saturated carbocycles. The van der Waals surface area contributed by atoms with Crippen LogP contribution in [-0.4, -0.2) is 61.5 Å². The third-order valence-corrected chi connectivity index (χ3v) is 4.47. The summed E-state index contributed by atoms with van der Waals surface area (Å²) in [5.41, 5.74) is 0.936. The minimum Gasteiger partial charge on any atom is -0.341 e. The van der Waals surface area contributed by atoms with Gasteiger partial charge in [0, 0.05) is 45.8 Å². The summed E-state index contributed by atoms with van der Waals surface area (Å²) < 4.78 is 13.0. The highest BCUT2D eigenvalue weighted by molar-refractivity contribution is 5.85. The molecule has 2 aliphatic rings. The number of carbonyl (C=O) groups excluding carboxylic acids is 1. The average Bonchev–Trinajstić information content (AvgIpc) is 2.88. The first-order chi connectivity index (χ1) is 10.2. The first-order valence-electron chi connectivity index (χ1n) is 7.71. The number of hydrogen-bond donors (Lipinski definition) is 1. The zero-order valence-corrected chi connectivity index (χ0v) is 12.2. The Bertz CT molecular complexity index is 485. The van der Waals surface area contributed by atoms with Crippen molar-refractivity contribution in [1.82, 2.24) is 15.1 Å². The van der Waals surface area contributed by atoms with Gasteiger partial charge in [0.1, 0.15) is 5.82 Å². The zero-order chi connectivity index (χ0) is 14.7. The third-order valence-electron chi connectivity index (χ3n) is 4.47. The molecule has 2 aliphatic heterocycles. The highest BCUT2D eigenvalue weighted by Crippen LogP contribution is 2.28. The van der Waals surface area contributed by atoms with Gasteiger partial charge in [0.05, 0.1) is 5.92 Å². The van der Waals surface area contributed by atoms with Crippen LogP contribution in [0.4, 0.5) is 4.39 Å². The van der Waals surface area contributed by atoms with Gasteiger partial charge in [-0.15, -0.1) is 0 Å². The molecule has 5 heteroatoms. The molecule has 3 rings (SSSR count). The van der Waals surface area contributed by atoms with E-state index in [9.17, 15) is 9.18 Å². The molecule has 1 unspecified atom stereocenters. The molecule has 1 atom stereocenters. The Labute approximate surface area is 124 Å². The summed E-state index contributed by atoms with van der Waals surface area (Å²) in [5, 5.41) is 3.33. The highest BCUT2D eigenvalue weighted by Gasteiger charge is 2.32. The van der Waals surface area contributed by atoms with Crippen LogP contribution in [0.5, 0.6) is 0 Å². The molecule has 1 amide bonds.